The van der Waals surface area contributed by atoms with Gasteiger partial charge in [0, 0.05) is 12.2 Å². The van der Waals surface area contributed by atoms with Crippen LogP contribution in [-0.2, 0) is 6.18 Å². The fraction of sp³-hybridized carbons (Fsp3) is 0.250. The fourth-order valence-corrected chi connectivity index (χ4v) is 2.54. The molecule has 2 N–H and O–H groups in total. The molecular formula is C16H13Cl3F3NO2. The predicted molar refractivity (Wildman–Crippen MR) is 93.2 cm³/mol. The molecule has 0 radical (unpaired) electrons. The van der Waals surface area contributed by atoms with Gasteiger partial charge in [0.25, 0.3) is 0 Å². The van der Waals surface area contributed by atoms with Crippen molar-refractivity contribution in [3.05, 3.63) is 52.0 Å². The maximum absolute atomic E-state index is 12.7. The van der Waals surface area contributed by atoms with Gasteiger partial charge in [-0.2, -0.15) is 13.2 Å². The van der Waals surface area contributed by atoms with E-state index in [1.165, 1.54) is 0 Å². The van der Waals surface area contributed by atoms with Gasteiger partial charge in [0.05, 0.1) is 27.6 Å². The minimum atomic E-state index is -4.55. The Morgan fingerprint density at radius 2 is 1.64 bits per heavy atom. The SMILES string of the molecule is OC(CCl)CNc1ccc(Oc2c(Cl)cc(C(F)(F)F)cc2Cl)cc1. The molecule has 0 aliphatic carbocycles. The van der Waals surface area contributed by atoms with Gasteiger partial charge in [-0.1, -0.05) is 23.2 Å². The van der Waals surface area contributed by atoms with E-state index in [1.807, 2.05) is 0 Å². The summed E-state index contributed by atoms with van der Waals surface area (Å²) in [4.78, 5) is 0. The van der Waals surface area contributed by atoms with Gasteiger partial charge in [-0.15, -0.1) is 11.6 Å². The van der Waals surface area contributed by atoms with Crippen LogP contribution in [0, 0.1) is 0 Å². The zero-order valence-corrected chi connectivity index (χ0v) is 14.8. The minimum absolute atomic E-state index is 0.0606. The Balaban J connectivity index is 2.12. The summed E-state index contributed by atoms with van der Waals surface area (Å²) < 4.78 is 43.6. The highest BCUT2D eigenvalue weighted by Crippen LogP contribution is 2.41. The Bertz CT molecular complexity index is 701. The van der Waals surface area contributed by atoms with Crippen LogP contribution in [0.2, 0.25) is 10.0 Å². The van der Waals surface area contributed by atoms with Crippen molar-refractivity contribution in [3.63, 3.8) is 0 Å². The third kappa shape index (κ3) is 5.57. The molecule has 0 aliphatic rings. The molecule has 0 bridgehead atoms. The summed E-state index contributed by atoms with van der Waals surface area (Å²) in [6, 6.07) is 8.02. The first kappa shape index (κ1) is 20.0. The fourth-order valence-electron chi connectivity index (χ4n) is 1.87. The number of nitrogens with one attached hydrogen (secondary N) is 1. The molecule has 2 aromatic rings. The molecule has 0 heterocycles. The van der Waals surface area contributed by atoms with Crippen molar-refractivity contribution in [1.29, 1.82) is 0 Å². The van der Waals surface area contributed by atoms with Crippen LogP contribution in [0.5, 0.6) is 11.5 Å². The maximum atomic E-state index is 12.7. The minimum Gasteiger partial charge on any atom is -0.454 e. The van der Waals surface area contributed by atoms with E-state index in [-0.39, 0.29) is 28.2 Å². The highest BCUT2D eigenvalue weighted by Gasteiger charge is 2.32. The Labute approximate surface area is 157 Å². The average molecular weight is 415 g/mol. The number of hydrogen-bond donors (Lipinski definition) is 2. The van der Waals surface area contributed by atoms with Gasteiger partial charge in [0.2, 0.25) is 0 Å². The monoisotopic (exact) mass is 413 g/mol. The van der Waals surface area contributed by atoms with Crippen LogP contribution in [0.15, 0.2) is 36.4 Å². The lowest BCUT2D eigenvalue weighted by molar-refractivity contribution is -0.137. The zero-order valence-electron chi connectivity index (χ0n) is 12.6. The summed E-state index contributed by atoms with van der Waals surface area (Å²) in [5.41, 5.74) is -0.242. The van der Waals surface area contributed by atoms with E-state index >= 15 is 0 Å². The number of alkyl halides is 4. The van der Waals surface area contributed by atoms with E-state index in [9.17, 15) is 18.3 Å². The number of anilines is 1. The van der Waals surface area contributed by atoms with Crippen LogP contribution < -0.4 is 10.1 Å². The third-order valence-corrected chi connectivity index (χ3v) is 4.04. The predicted octanol–water partition coefficient (Wildman–Crippen LogP) is 5.82. The molecule has 2 aromatic carbocycles. The van der Waals surface area contributed by atoms with Crippen LogP contribution in [0.4, 0.5) is 18.9 Å². The van der Waals surface area contributed by atoms with Crippen LogP contribution in [0.25, 0.3) is 0 Å². The van der Waals surface area contributed by atoms with E-state index in [0.29, 0.717) is 11.4 Å². The number of rotatable bonds is 6. The molecule has 0 aromatic heterocycles. The summed E-state index contributed by atoms with van der Waals surface area (Å²) in [6.07, 6.45) is -5.23. The van der Waals surface area contributed by atoms with Crippen molar-refractivity contribution in [1.82, 2.24) is 0 Å². The largest absolute Gasteiger partial charge is 0.454 e. The van der Waals surface area contributed by atoms with Gasteiger partial charge >= 0.3 is 6.18 Å². The smallest absolute Gasteiger partial charge is 0.416 e. The third-order valence-electron chi connectivity index (χ3n) is 3.12. The van der Waals surface area contributed by atoms with Gasteiger partial charge in [0.15, 0.2) is 5.75 Å². The molecule has 0 aliphatic heterocycles. The van der Waals surface area contributed by atoms with Crippen LogP contribution in [0.1, 0.15) is 5.56 Å². The lowest BCUT2D eigenvalue weighted by Gasteiger charge is -2.14. The number of hydrogen-bond acceptors (Lipinski definition) is 3. The second kappa shape index (κ2) is 8.36. The molecule has 0 amide bonds. The van der Waals surface area contributed by atoms with E-state index in [2.05, 4.69) is 5.32 Å². The summed E-state index contributed by atoms with van der Waals surface area (Å²) in [5.74, 6) is 0.389. The number of ether oxygens (including phenoxy) is 1. The number of benzene rings is 2. The van der Waals surface area contributed by atoms with Crippen molar-refractivity contribution >= 4 is 40.5 Å². The van der Waals surface area contributed by atoms with Crippen molar-refractivity contribution in [2.24, 2.45) is 0 Å². The molecule has 9 heteroatoms. The van der Waals surface area contributed by atoms with Crippen molar-refractivity contribution < 1.29 is 23.0 Å². The highest BCUT2D eigenvalue weighted by atomic mass is 35.5. The van der Waals surface area contributed by atoms with Crippen molar-refractivity contribution in [2.45, 2.75) is 12.3 Å². The summed E-state index contributed by atoms with van der Waals surface area (Å²) in [5, 5.41) is 11.9. The molecule has 25 heavy (non-hydrogen) atoms. The topological polar surface area (TPSA) is 41.5 Å². The number of aliphatic hydroxyl groups is 1. The first-order valence-corrected chi connectivity index (χ1v) is 8.32. The molecule has 0 saturated carbocycles. The molecule has 1 unspecified atom stereocenters. The molecule has 0 spiro atoms. The quantitative estimate of drug-likeness (QED) is 0.586. The molecule has 136 valence electrons. The van der Waals surface area contributed by atoms with Gasteiger partial charge in [-0.25, -0.2) is 0 Å². The second-order valence-corrected chi connectivity index (χ2v) is 6.21. The Hall–Kier alpha value is -1.34. The summed E-state index contributed by atoms with van der Waals surface area (Å²) in [7, 11) is 0. The van der Waals surface area contributed by atoms with E-state index < -0.39 is 17.8 Å². The molecule has 0 fully saturated rings. The second-order valence-electron chi connectivity index (χ2n) is 5.08. The zero-order chi connectivity index (χ0) is 18.6. The van der Waals surface area contributed by atoms with Crippen LogP contribution >= 0.6 is 34.8 Å². The average Bonchev–Trinajstić information content (AvgIpc) is 2.56. The summed E-state index contributed by atoms with van der Waals surface area (Å²) in [6.45, 7) is 0.278. The summed E-state index contributed by atoms with van der Waals surface area (Å²) >= 11 is 17.2. The van der Waals surface area contributed by atoms with Gasteiger partial charge in [0.1, 0.15) is 5.75 Å². The lowest BCUT2D eigenvalue weighted by Crippen LogP contribution is -2.20. The van der Waals surface area contributed by atoms with Gasteiger partial charge in [-0.05, 0) is 36.4 Å². The van der Waals surface area contributed by atoms with E-state index in [0.717, 1.165) is 12.1 Å². The van der Waals surface area contributed by atoms with Crippen LogP contribution in [0.3, 0.4) is 0 Å². The maximum Gasteiger partial charge on any atom is 0.416 e. The van der Waals surface area contributed by atoms with Crippen LogP contribution in [-0.4, -0.2) is 23.6 Å². The standard InChI is InChI=1S/C16H13Cl3F3NO2/c17-7-11(24)8-23-10-1-3-12(4-2-10)25-15-13(18)5-9(6-14(15)19)16(20,21)22/h1-6,11,23-24H,7-8H2. The first-order chi connectivity index (χ1) is 11.7. The Morgan fingerprint density at radius 1 is 1.08 bits per heavy atom. The molecule has 1 atom stereocenters. The highest BCUT2D eigenvalue weighted by molar-refractivity contribution is 6.37. The van der Waals surface area contributed by atoms with Gasteiger partial charge < -0.3 is 15.2 Å². The van der Waals surface area contributed by atoms with Crippen molar-refractivity contribution in [3.8, 4) is 11.5 Å². The molecule has 0 saturated heterocycles. The first-order valence-electron chi connectivity index (χ1n) is 7.02. The van der Waals surface area contributed by atoms with Crippen molar-refractivity contribution in [2.75, 3.05) is 17.7 Å². The molecular weight excluding hydrogens is 402 g/mol. The Kier molecular flexibility index (Phi) is 6.68. The molecule has 2 rings (SSSR count). The van der Waals surface area contributed by atoms with E-state index in [4.69, 9.17) is 39.5 Å². The lowest BCUT2D eigenvalue weighted by atomic mass is 10.2. The molecule has 3 nitrogen and oxygen atoms in total. The normalized spacial score (nSPS) is 12.8. The Morgan fingerprint density at radius 3 is 2.12 bits per heavy atom. The van der Waals surface area contributed by atoms with Gasteiger partial charge in [-0.3, -0.25) is 0 Å². The van der Waals surface area contributed by atoms with E-state index in [1.54, 1.807) is 24.3 Å². The number of halogens is 6. The number of aliphatic hydroxyl groups excluding tert-OH is 1.